The summed E-state index contributed by atoms with van der Waals surface area (Å²) in [6.45, 7) is 9.17. The van der Waals surface area contributed by atoms with E-state index in [-0.39, 0.29) is 55.6 Å². The zero-order chi connectivity index (χ0) is 23.4. The van der Waals surface area contributed by atoms with E-state index in [0.717, 1.165) is 51.4 Å². The van der Waals surface area contributed by atoms with Gasteiger partial charge in [-0.2, -0.15) is 0 Å². The van der Waals surface area contributed by atoms with Gasteiger partial charge >= 0.3 is 0 Å². The van der Waals surface area contributed by atoms with Crippen molar-refractivity contribution in [3.05, 3.63) is 53.5 Å². The Labute approximate surface area is 188 Å². The van der Waals surface area contributed by atoms with Gasteiger partial charge in [0.1, 0.15) is 0 Å². The first-order valence-corrected chi connectivity index (χ1v) is 12.3. The minimum atomic E-state index is -0.351. The molecule has 0 aliphatic carbocycles. The molecule has 0 aliphatic rings. The number of hydrogen-bond acceptors (Lipinski definition) is 4. The van der Waals surface area contributed by atoms with Crippen molar-refractivity contribution in [1.29, 1.82) is 0 Å². The van der Waals surface area contributed by atoms with Crippen molar-refractivity contribution >= 4 is 21.5 Å². The van der Waals surface area contributed by atoms with E-state index < -0.39 is 0 Å². The molecule has 0 aliphatic heterocycles. The van der Waals surface area contributed by atoms with Crippen molar-refractivity contribution in [1.82, 2.24) is 9.13 Å². The van der Waals surface area contributed by atoms with Crippen molar-refractivity contribution in [3.63, 3.8) is 0 Å². The van der Waals surface area contributed by atoms with Gasteiger partial charge in [0, 0.05) is 13.1 Å². The Kier molecular flexibility index (Phi) is 7.86. The van der Waals surface area contributed by atoms with Gasteiger partial charge in [0.15, 0.2) is 0 Å². The highest BCUT2D eigenvalue weighted by Gasteiger charge is 2.21. The first kappa shape index (κ1) is 24.1. The summed E-state index contributed by atoms with van der Waals surface area (Å²) in [7, 11) is 0. The number of aromatic nitrogens is 2. The molecule has 0 spiro atoms. The molecule has 0 unspecified atom stereocenters. The van der Waals surface area contributed by atoms with Gasteiger partial charge in [-0.1, -0.05) is 66.2 Å². The van der Waals surface area contributed by atoms with Crippen LogP contribution in [0.5, 0.6) is 0 Å². The van der Waals surface area contributed by atoms with Crippen molar-refractivity contribution in [2.24, 2.45) is 11.8 Å². The van der Waals surface area contributed by atoms with Crippen molar-refractivity contribution in [3.8, 4) is 0 Å². The SMILES string of the molecule is CCCC[C@H](CC)Cn1c(=O)c2cc3c(=O)n(C[C@@H](CC)CCCC)c(=O)c3cc2c1=O. The number of benzene rings is 1. The Morgan fingerprint density at radius 2 is 0.906 bits per heavy atom. The maximum absolute atomic E-state index is 13.0. The average Bonchev–Trinajstić information content (AvgIpc) is 3.17. The van der Waals surface area contributed by atoms with E-state index in [0.29, 0.717) is 13.1 Å². The number of unbranched alkanes of at least 4 members (excludes halogenated alkanes) is 2. The highest BCUT2D eigenvalue weighted by atomic mass is 16.2. The zero-order valence-corrected chi connectivity index (χ0v) is 19.9. The van der Waals surface area contributed by atoms with E-state index in [4.69, 9.17) is 0 Å². The molecule has 2 heterocycles. The summed E-state index contributed by atoms with van der Waals surface area (Å²) in [6.07, 6.45) is 8.00. The van der Waals surface area contributed by atoms with Crippen LogP contribution in [-0.4, -0.2) is 9.13 Å². The predicted molar refractivity (Wildman–Crippen MR) is 131 cm³/mol. The van der Waals surface area contributed by atoms with Crippen molar-refractivity contribution < 1.29 is 0 Å². The lowest BCUT2D eigenvalue weighted by Crippen LogP contribution is -2.29. The van der Waals surface area contributed by atoms with Gasteiger partial charge in [-0.15, -0.1) is 0 Å². The van der Waals surface area contributed by atoms with Crippen LogP contribution in [0.4, 0.5) is 0 Å². The van der Waals surface area contributed by atoms with Crippen LogP contribution < -0.4 is 22.2 Å². The van der Waals surface area contributed by atoms with Crippen molar-refractivity contribution in [2.45, 2.75) is 92.2 Å². The second kappa shape index (κ2) is 10.4. The second-order valence-electron chi connectivity index (χ2n) is 9.22. The van der Waals surface area contributed by atoms with E-state index in [2.05, 4.69) is 27.7 Å². The Morgan fingerprint density at radius 3 is 1.16 bits per heavy atom. The lowest BCUT2D eigenvalue weighted by atomic mass is 9.99. The monoisotopic (exact) mass is 440 g/mol. The first-order valence-electron chi connectivity index (χ1n) is 12.3. The van der Waals surface area contributed by atoms with Gasteiger partial charge in [0.2, 0.25) is 0 Å². The van der Waals surface area contributed by atoms with Gasteiger partial charge in [-0.3, -0.25) is 28.3 Å². The summed E-state index contributed by atoms with van der Waals surface area (Å²) in [5, 5.41) is 1.00. The molecule has 3 rings (SSSR count). The molecular weight excluding hydrogens is 404 g/mol. The molecule has 32 heavy (non-hydrogen) atoms. The summed E-state index contributed by atoms with van der Waals surface area (Å²) in [5.41, 5.74) is -1.40. The molecule has 2 atom stereocenters. The molecule has 0 radical (unpaired) electrons. The maximum Gasteiger partial charge on any atom is 0.261 e. The maximum atomic E-state index is 13.0. The van der Waals surface area contributed by atoms with Gasteiger partial charge in [0.25, 0.3) is 22.2 Å². The molecule has 0 saturated carbocycles. The molecule has 1 aromatic carbocycles. The van der Waals surface area contributed by atoms with Crippen LogP contribution in [0.25, 0.3) is 21.5 Å². The fraction of sp³-hybridized carbons (Fsp3) is 0.615. The van der Waals surface area contributed by atoms with Crippen LogP contribution in [0.2, 0.25) is 0 Å². The summed E-state index contributed by atoms with van der Waals surface area (Å²) < 4.78 is 2.60. The van der Waals surface area contributed by atoms with E-state index in [1.54, 1.807) is 0 Å². The van der Waals surface area contributed by atoms with Crippen molar-refractivity contribution in [2.75, 3.05) is 0 Å². The quantitative estimate of drug-likeness (QED) is 0.420. The largest absolute Gasteiger partial charge is 0.274 e. The fourth-order valence-corrected chi connectivity index (χ4v) is 4.76. The minimum Gasteiger partial charge on any atom is -0.274 e. The van der Waals surface area contributed by atoms with Crippen LogP contribution in [0.1, 0.15) is 79.1 Å². The molecule has 0 amide bonds. The minimum absolute atomic E-state index is 0.250. The van der Waals surface area contributed by atoms with Gasteiger partial charge in [-0.05, 0) is 36.8 Å². The summed E-state index contributed by atoms with van der Waals surface area (Å²) >= 11 is 0. The summed E-state index contributed by atoms with van der Waals surface area (Å²) in [5.74, 6) is 0.522. The number of nitrogens with zero attached hydrogens (tertiary/aromatic N) is 2. The predicted octanol–water partition coefficient (Wildman–Crippen LogP) is 4.35. The molecule has 0 bridgehead atoms. The molecule has 6 heteroatoms. The molecular formula is C26H36N2O4. The third-order valence-electron chi connectivity index (χ3n) is 7.03. The highest BCUT2D eigenvalue weighted by Crippen LogP contribution is 2.19. The Hall–Kier alpha value is -2.50. The van der Waals surface area contributed by atoms with Gasteiger partial charge < -0.3 is 0 Å². The summed E-state index contributed by atoms with van der Waals surface area (Å²) in [4.78, 5) is 52.2. The van der Waals surface area contributed by atoms with Crippen LogP contribution in [0.15, 0.2) is 31.3 Å². The average molecular weight is 441 g/mol. The molecule has 174 valence electrons. The topological polar surface area (TPSA) is 78.1 Å². The van der Waals surface area contributed by atoms with Crippen LogP contribution in [0.3, 0.4) is 0 Å². The molecule has 0 saturated heterocycles. The van der Waals surface area contributed by atoms with Crippen LogP contribution in [-0.2, 0) is 13.1 Å². The van der Waals surface area contributed by atoms with E-state index in [1.165, 1.54) is 21.3 Å². The van der Waals surface area contributed by atoms with Crippen LogP contribution >= 0.6 is 0 Å². The van der Waals surface area contributed by atoms with Gasteiger partial charge in [-0.25, -0.2) is 0 Å². The normalized spacial score (nSPS) is 13.9. The Bertz CT molecular complexity index is 1100. The van der Waals surface area contributed by atoms with E-state index in [9.17, 15) is 19.2 Å². The first-order chi connectivity index (χ1) is 15.4. The number of rotatable bonds is 12. The smallest absolute Gasteiger partial charge is 0.261 e. The Balaban J connectivity index is 2.06. The standard InChI is InChI=1S/C26H36N2O4/c1-5-9-11-17(7-3)15-27-23(29)19-13-21-22(14-20(19)24(27)30)26(32)28(25(21)31)16-18(8-4)12-10-6-2/h13-14,17-18H,5-12,15-16H2,1-4H3/t17-,18-/m0/s1. The molecule has 0 fully saturated rings. The second-order valence-corrected chi connectivity index (χ2v) is 9.22. The molecule has 3 aromatic rings. The third-order valence-corrected chi connectivity index (χ3v) is 7.03. The van der Waals surface area contributed by atoms with Gasteiger partial charge in [0.05, 0.1) is 21.5 Å². The summed E-state index contributed by atoms with van der Waals surface area (Å²) in [6, 6.07) is 2.95. The molecule has 6 nitrogen and oxygen atoms in total. The zero-order valence-electron chi connectivity index (χ0n) is 19.9. The molecule has 2 aromatic heterocycles. The Morgan fingerprint density at radius 1 is 0.594 bits per heavy atom. The fourth-order valence-electron chi connectivity index (χ4n) is 4.76. The third kappa shape index (κ3) is 4.50. The highest BCUT2D eigenvalue weighted by molar-refractivity contribution is 5.97. The van der Waals surface area contributed by atoms with E-state index in [1.807, 2.05) is 0 Å². The lowest BCUT2D eigenvalue weighted by Gasteiger charge is -2.13. The van der Waals surface area contributed by atoms with Crippen LogP contribution in [0, 0.1) is 11.8 Å². The van der Waals surface area contributed by atoms with E-state index >= 15 is 0 Å². The molecule has 0 N–H and O–H groups in total. The number of fused-ring (bicyclic) bond motifs is 2. The number of hydrogen-bond donors (Lipinski definition) is 0. The lowest BCUT2D eigenvalue weighted by molar-refractivity contribution is 0.384.